The first-order chi connectivity index (χ1) is 10.8. The highest BCUT2D eigenvalue weighted by Gasteiger charge is 2.33. The monoisotopic (exact) mass is 327 g/mol. The summed E-state index contributed by atoms with van der Waals surface area (Å²) in [4.78, 5) is 13.9. The van der Waals surface area contributed by atoms with Crippen molar-refractivity contribution in [2.45, 2.75) is 19.1 Å². The highest BCUT2D eigenvalue weighted by Crippen LogP contribution is 2.33. The van der Waals surface area contributed by atoms with Crippen LogP contribution >= 0.6 is 0 Å². The summed E-state index contributed by atoms with van der Waals surface area (Å²) >= 11 is 0. The number of hydrogen-bond acceptors (Lipinski definition) is 4. The molecule has 1 aliphatic heterocycles. The number of nitrogens with zero attached hydrogens (tertiary/aromatic N) is 2. The zero-order chi connectivity index (χ0) is 17.0. The fraction of sp³-hybridized carbons (Fsp3) is 0.467. The van der Waals surface area contributed by atoms with E-state index in [9.17, 15) is 18.0 Å². The number of benzene rings is 1. The number of anilines is 1. The lowest BCUT2D eigenvalue weighted by Gasteiger charge is -2.29. The lowest BCUT2D eigenvalue weighted by atomic mass is 10.1. The van der Waals surface area contributed by atoms with E-state index in [2.05, 4.69) is 5.32 Å². The molecule has 0 unspecified atom stereocenters. The minimum absolute atomic E-state index is 0.160. The predicted octanol–water partition coefficient (Wildman–Crippen LogP) is 2.24. The van der Waals surface area contributed by atoms with Crippen LogP contribution in [0.5, 0.6) is 0 Å². The number of carbonyl (C=O) groups excluding carboxylic acids is 1. The molecule has 1 aliphatic rings. The van der Waals surface area contributed by atoms with Crippen molar-refractivity contribution in [2.24, 2.45) is 0 Å². The minimum Gasteiger partial charge on any atom is -0.378 e. The maximum atomic E-state index is 12.8. The Hall–Kier alpha value is -2.27. The molecular weight excluding hydrogens is 311 g/mol. The molecule has 1 aromatic rings. The van der Waals surface area contributed by atoms with Gasteiger partial charge < -0.3 is 15.0 Å². The number of hydrogen-bond donors (Lipinski definition) is 1. The lowest BCUT2D eigenvalue weighted by Crippen LogP contribution is -2.47. The summed E-state index contributed by atoms with van der Waals surface area (Å²) in [5.74, 6) is -0.160. The van der Waals surface area contributed by atoms with Crippen LogP contribution in [0.25, 0.3) is 0 Å². The largest absolute Gasteiger partial charge is 0.417 e. The Morgan fingerprint density at radius 1 is 1.39 bits per heavy atom. The minimum atomic E-state index is -4.58. The molecule has 0 radical (unpaired) electrons. The van der Waals surface area contributed by atoms with E-state index in [4.69, 9.17) is 10.00 Å². The Labute approximate surface area is 131 Å². The first-order valence-corrected chi connectivity index (χ1v) is 7.07. The number of ether oxygens (including phenoxy) is 1. The molecule has 124 valence electrons. The molecule has 1 fully saturated rings. The maximum Gasteiger partial charge on any atom is 0.417 e. The van der Waals surface area contributed by atoms with Crippen molar-refractivity contribution in [2.75, 3.05) is 31.6 Å². The van der Waals surface area contributed by atoms with Gasteiger partial charge in [-0.05, 0) is 25.1 Å². The van der Waals surface area contributed by atoms with E-state index >= 15 is 0 Å². The summed E-state index contributed by atoms with van der Waals surface area (Å²) in [6.45, 7) is 3.54. The molecule has 1 saturated heterocycles. The van der Waals surface area contributed by atoms with Crippen molar-refractivity contribution < 1.29 is 22.7 Å². The van der Waals surface area contributed by atoms with Gasteiger partial charge in [-0.25, -0.2) is 0 Å². The van der Waals surface area contributed by atoms with Crippen molar-refractivity contribution in [3.8, 4) is 6.07 Å². The Morgan fingerprint density at radius 2 is 2.04 bits per heavy atom. The molecule has 5 nitrogen and oxygen atoms in total. The van der Waals surface area contributed by atoms with E-state index in [1.54, 1.807) is 11.8 Å². The zero-order valence-electron chi connectivity index (χ0n) is 12.5. The van der Waals surface area contributed by atoms with Gasteiger partial charge in [0.2, 0.25) is 5.91 Å². The quantitative estimate of drug-likeness (QED) is 0.925. The first kappa shape index (κ1) is 17.1. The lowest BCUT2D eigenvalue weighted by molar-refractivity contribution is -0.138. The van der Waals surface area contributed by atoms with Gasteiger partial charge in [0.05, 0.1) is 30.4 Å². The van der Waals surface area contributed by atoms with Gasteiger partial charge in [-0.15, -0.1) is 0 Å². The molecule has 2 rings (SSSR count). The van der Waals surface area contributed by atoms with Gasteiger partial charge in [0, 0.05) is 18.8 Å². The van der Waals surface area contributed by atoms with Crippen LogP contribution in [0.1, 0.15) is 18.1 Å². The molecule has 8 heteroatoms. The summed E-state index contributed by atoms with van der Waals surface area (Å²) in [6, 6.07) is 4.08. The highest BCUT2D eigenvalue weighted by molar-refractivity contribution is 5.84. The summed E-state index contributed by atoms with van der Waals surface area (Å²) in [7, 11) is 0. The normalized spacial score (nSPS) is 16.6. The van der Waals surface area contributed by atoms with E-state index in [1.807, 2.05) is 0 Å². The molecule has 1 heterocycles. The van der Waals surface area contributed by atoms with Gasteiger partial charge in [0.1, 0.15) is 6.04 Å². The van der Waals surface area contributed by atoms with E-state index < -0.39 is 23.3 Å². The van der Waals surface area contributed by atoms with Gasteiger partial charge in [-0.3, -0.25) is 4.79 Å². The van der Waals surface area contributed by atoms with Crippen LogP contribution in [-0.4, -0.2) is 43.2 Å². The SMILES string of the molecule is C[C@@H](Nc1ccc(C(F)(F)F)c(C#N)c1)C(=O)N1CCOCC1. The first-order valence-electron chi connectivity index (χ1n) is 7.07. The molecule has 0 bridgehead atoms. The highest BCUT2D eigenvalue weighted by atomic mass is 19.4. The molecule has 0 saturated carbocycles. The van der Waals surface area contributed by atoms with Crippen molar-refractivity contribution in [1.82, 2.24) is 4.90 Å². The smallest absolute Gasteiger partial charge is 0.378 e. The number of amides is 1. The summed E-state index contributed by atoms with van der Waals surface area (Å²) in [5, 5.41) is 11.7. The van der Waals surface area contributed by atoms with Crippen molar-refractivity contribution in [1.29, 1.82) is 5.26 Å². The summed E-state index contributed by atoms with van der Waals surface area (Å²) < 4.78 is 43.4. The molecule has 1 N–H and O–H groups in total. The fourth-order valence-corrected chi connectivity index (χ4v) is 2.34. The number of morpholine rings is 1. The number of rotatable bonds is 3. The Balaban J connectivity index is 2.10. The van der Waals surface area contributed by atoms with Crippen molar-refractivity contribution in [3.05, 3.63) is 29.3 Å². The third-order valence-electron chi connectivity index (χ3n) is 3.52. The van der Waals surface area contributed by atoms with E-state index in [0.29, 0.717) is 32.0 Å². The molecule has 23 heavy (non-hydrogen) atoms. The number of nitriles is 1. The van der Waals surface area contributed by atoms with Gasteiger partial charge in [0.15, 0.2) is 0 Å². The van der Waals surface area contributed by atoms with Gasteiger partial charge in [-0.2, -0.15) is 18.4 Å². The summed E-state index contributed by atoms with van der Waals surface area (Å²) in [6.07, 6.45) is -4.58. The average molecular weight is 327 g/mol. The second kappa shape index (κ2) is 6.87. The third kappa shape index (κ3) is 4.13. The molecule has 0 spiro atoms. The average Bonchev–Trinajstić information content (AvgIpc) is 2.53. The number of halogens is 3. The topological polar surface area (TPSA) is 65.4 Å². The molecular formula is C15H16F3N3O2. The van der Waals surface area contributed by atoms with Crippen LogP contribution in [0.4, 0.5) is 18.9 Å². The van der Waals surface area contributed by atoms with E-state index in [1.165, 1.54) is 12.1 Å². The standard InChI is InChI=1S/C15H16F3N3O2/c1-10(14(22)21-4-6-23-7-5-21)20-12-2-3-13(15(16,17)18)11(8-12)9-19/h2-3,8,10,20H,4-7H2,1H3/t10-/m1/s1. The molecule has 1 amide bonds. The Bertz CT molecular complexity index is 619. The number of carbonyl (C=O) groups is 1. The second-order valence-electron chi connectivity index (χ2n) is 5.17. The zero-order valence-corrected chi connectivity index (χ0v) is 12.5. The van der Waals surface area contributed by atoms with Crippen LogP contribution in [0.3, 0.4) is 0 Å². The Kier molecular flexibility index (Phi) is 5.11. The van der Waals surface area contributed by atoms with Crippen LogP contribution in [0.2, 0.25) is 0 Å². The molecule has 1 aromatic carbocycles. The van der Waals surface area contributed by atoms with Crippen LogP contribution in [0.15, 0.2) is 18.2 Å². The van der Waals surface area contributed by atoms with Crippen LogP contribution < -0.4 is 5.32 Å². The van der Waals surface area contributed by atoms with Crippen LogP contribution in [-0.2, 0) is 15.7 Å². The maximum absolute atomic E-state index is 12.8. The van der Waals surface area contributed by atoms with Gasteiger partial charge in [0.25, 0.3) is 0 Å². The Morgan fingerprint density at radius 3 is 2.61 bits per heavy atom. The number of nitrogens with one attached hydrogen (secondary N) is 1. The predicted molar refractivity (Wildman–Crippen MR) is 76.6 cm³/mol. The fourth-order valence-electron chi connectivity index (χ4n) is 2.34. The molecule has 1 atom stereocenters. The van der Waals surface area contributed by atoms with Crippen LogP contribution in [0, 0.1) is 11.3 Å². The summed E-state index contributed by atoms with van der Waals surface area (Å²) in [5.41, 5.74) is -1.17. The van der Waals surface area contributed by atoms with Gasteiger partial charge >= 0.3 is 6.18 Å². The third-order valence-corrected chi connectivity index (χ3v) is 3.52. The van der Waals surface area contributed by atoms with Crippen molar-refractivity contribution in [3.63, 3.8) is 0 Å². The van der Waals surface area contributed by atoms with Gasteiger partial charge in [-0.1, -0.05) is 0 Å². The second-order valence-corrected chi connectivity index (χ2v) is 5.17. The molecule has 0 aliphatic carbocycles. The van der Waals surface area contributed by atoms with Crippen molar-refractivity contribution >= 4 is 11.6 Å². The van der Waals surface area contributed by atoms with E-state index in [-0.39, 0.29) is 5.91 Å². The van der Waals surface area contributed by atoms with E-state index in [0.717, 1.165) is 12.1 Å². The molecule has 0 aromatic heterocycles. The number of alkyl halides is 3.